The molecule has 23 heavy (non-hydrogen) atoms. The van der Waals surface area contributed by atoms with Crippen LogP contribution in [0.1, 0.15) is 0 Å². The number of thiocarbonyl (C=S) groups is 1. The molecule has 3 nitrogen and oxygen atoms in total. The fourth-order valence-corrected chi connectivity index (χ4v) is 3.97. The molecule has 3 rings (SSSR count). The highest BCUT2D eigenvalue weighted by molar-refractivity contribution is 9.11. The van der Waals surface area contributed by atoms with Gasteiger partial charge in [0.25, 0.3) is 5.17 Å². The minimum absolute atomic E-state index is 0.474. The molecule has 0 N–H and O–H groups in total. The number of hydrogen-bond acceptors (Lipinski definition) is 3. The zero-order valence-corrected chi connectivity index (χ0v) is 16.3. The van der Waals surface area contributed by atoms with Crippen molar-refractivity contribution in [2.75, 3.05) is 26.3 Å². The monoisotopic (exact) mass is 455 g/mol. The molecule has 0 aliphatic carbocycles. The third-order valence-corrected chi connectivity index (χ3v) is 5.08. The van der Waals surface area contributed by atoms with Crippen LogP contribution in [0.4, 0.5) is 0 Å². The van der Waals surface area contributed by atoms with E-state index in [2.05, 4.69) is 44.0 Å². The first-order valence-electron chi connectivity index (χ1n) is 7.24. The van der Waals surface area contributed by atoms with Gasteiger partial charge in [0.2, 0.25) is 0 Å². The van der Waals surface area contributed by atoms with Gasteiger partial charge in [0.15, 0.2) is 5.75 Å². The van der Waals surface area contributed by atoms with Crippen molar-refractivity contribution >= 4 is 49.3 Å². The Kier molecular flexibility index (Phi) is 5.69. The molecule has 1 fully saturated rings. The van der Waals surface area contributed by atoms with Gasteiger partial charge in [-0.1, -0.05) is 30.3 Å². The highest BCUT2D eigenvalue weighted by Crippen LogP contribution is 2.38. The molecule has 6 heteroatoms. The predicted molar refractivity (Wildman–Crippen MR) is 103 cm³/mol. The molecule has 2 aromatic rings. The van der Waals surface area contributed by atoms with E-state index in [4.69, 9.17) is 21.7 Å². The number of benzene rings is 2. The molecule has 0 saturated carbocycles. The smallest absolute Gasteiger partial charge is 0.265 e. The van der Waals surface area contributed by atoms with Crippen LogP contribution in [0.2, 0.25) is 0 Å². The van der Waals surface area contributed by atoms with Gasteiger partial charge in [-0.25, -0.2) is 0 Å². The molecular weight excluding hydrogens is 442 g/mol. The molecule has 0 amide bonds. The van der Waals surface area contributed by atoms with Gasteiger partial charge in [0.05, 0.1) is 22.2 Å². The summed E-state index contributed by atoms with van der Waals surface area (Å²) in [6.45, 7) is 2.88. The lowest BCUT2D eigenvalue weighted by Crippen LogP contribution is -2.42. The second-order valence-electron chi connectivity index (χ2n) is 5.10. The summed E-state index contributed by atoms with van der Waals surface area (Å²) in [5.41, 5.74) is 2.25. The Morgan fingerprint density at radius 1 is 1.00 bits per heavy atom. The summed E-state index contributed by atoms with van der Waals surface area (Å²) in [5, 5.41) is 0.474. The maximum absolute atomic E-state index is 5.91. The first kappa shape index (κ1) is 16.9. The van der Waals surface area contributed by atoms with Crippen molar-refractivity contribution in [2.45, 2.75) is 0 Å². The van der Waals surface area contributed by atoms with Crippen LogP contribution in [0.25, 0.3) is 11.1 Å². The molecular formula is C17H15Br2NO2S. The van der Waals surface area contributed by atoms with E-state index in [1.54, 1.807) is 0 Å². The van der Waals surface area contributed by atoms with Crippen LogP contribution in [-0.2, 0) is 4.74 Å². The Balaban J connectivity index is 1.82. The van der Waals surface area contributed by atoms with E-state index in [0.717, 1.165) is 33.2 Å². The van der Waals surface area contributed by atoms with Crippen LogP contribution in [0.5, 0.6) is 5.75 Å². The Hall–Kier alpha value is -0.950. The molecule has 1 aliphatic heterocycles. The zero-order chi connectivity index (χ0) is 16.2. The van der Waals surface area contributed by atoms with Gasteiger partial charge in [-0.2, -0.15) is 0 Å². The Morgan fingerprint density at radius 3 is 2.22 bits per heavy atom. The first-order valence-corrected chi connectivity index (χ1v) is 9.23. The first-order chi connectivity index (χ1) is 11.1. The summed E-state index contributed by atoms with van der Waals surface area (Å²) < 4.78 is 13.0. The number of morpholine rings is 1. The number of halogens is 2. The van der Waals surface area contributed by atoms with E-state index >= 15 is 0 Å². The zero-order valence-electron chi connectivity index (χ0n) is 12.3. The van der Waals surface area contributed by atoms with E-state index in [0.29, 0.717) is 24.1 Å². The maximum atomic E-state index is 5.91. The van der Waals surface area contributed by atoms with Gasteiger partial charge in [0, 0.05) is 13.1 Å². The minimum atomic E-state index is 0.474. The lowest BCUT2D eigenvalue weighted by Gasteiger charge is -2.28. The summed E-state index contributed by atoms with van der Waals surface area (Å²) in [6, 6.07) is 14.3. The van der Waals surface area contributed by atoms with Gasteiger partial charge >= 0.3 is 0 Å². The van der Waals surface area contributed by atoms with Crippen molar-refractivity contribution in [1.82, 2.24) is 4.90 Å². The van der Waals surface area contributed by atoms with Crippen LogP contribution in [0.3, 0.4) is 0 Å². The maximum Gasteiger partial charge on any atom is 0.265 e. The summed E-state index contributed by atoms with van der Waals surface area (Å²) in [7, 11) is 0. The van der Waals surface area contributed by atoms with Crippen molar-refractivity contribution in [3.05, 3.63) is 51.4 Å². The van der Waals surface area contributed by atoms with E-state index in [9.17, 15) is 0 Å². The summed E-state index contributed by atoms with van der Waals surface area (Å²) >= 11 is 12.6. The number of nitrogens with zero attached hydrogens (tertiary/aromatic N) is 1. The highest BCUT2D eigenvalue weighted by Gasteiger charge is 2.18. The normalized spacial score (nSPS) is 14.6. The molecule has 0 aromatic heterocycles. The molecule has 1 saturated heterocycles. The lowest BCUT2D eigenvalue weighted by molar-refractivity contribution is 0.0631. The highest BCUT2D eigenvalue weighted by atomic mass is 79.9. The van der Waals surface area contributed by atoms with Crippen LogP contribution in [-0.4, -0.2) is 36.4 Å². The SMILES string of the molecule is S=C(Oc1c(Br)cc(-c2ccccc2)cc1Br)N1CCOCC1. The van der Waals surface area contributed by atoms with Crippen molar-refractivity contribution in [3.63, 3.8) is 0 Å². The number of hydrogen-bond donors (Lipinski definition) is 0. The molecule has 120 valence electrons. The molecule has 0 radical (unpaired) electrons. The molecule has 1 heterocycles. The van der Waals surface area contributed by atoms with E-state index in [1.807, 2.05) is 35.2 Å². The second kappa shape index (κ2) is 7.75. The van der Waals surface area contributed by atoms with E-state index in [1.165, 1.54) is 0 Å². The van der Waals surface area contributed by atoms with Gasteiger partial charge in [-0.3, -0.25) is 0 Å². The largest absolute Gasteiger partial charge is 0.429 e. The van der Waals surface area contributed by atoms with Gasteiger partial charge in [-0.05, 0) is 67.3 Å². The average Bonchev–Trinajstić information content (AvgIpc) is 2.59. The minimum Gasteiger partial charge on any atom is -0.429 e. The third kappa shape index (κ3) is 4.12. The summed E-state index contributed by atoms with van der Waals surface area (Å²) in [5.74, 6) is 0.696. The molecule has 0 unspecified atom stereocenters. The molecule has 0 spiro atoms. The third-order valence-electron chi connectivity index (χ3n) is 3.56. The summed E-state index contributed by atoms with van der Waals surface area (Å²) in [4.78, 5) is 2.02. The van der Waals surface area contributed by atoms with Crippen LogP contribution in [0, 0.1) is 0 Å². The Bertz CT molecular complexity index is 680. The fourth-order valence-electron chi connectivity index (χ4n) is 2.35. The van der Waals surface area contributed by atoms with Gasteiger partial charge < -0.3 is 14.4 Å². The number of ether oxygens (including phenoxy) is 2. The fraction of sp³-hybridized carbons (Fsp3) is 0.235. The van der Waals surface area contributed by atoms with Crippen molar-refractivity contribution < 1.29 is 9.47 Å². The van der Waals surface area contributed by atoms with Crippen molar-refractivity contribution in [1.29, 1.82) is 0 Å². The van der Waals surface area contributed by atoms with Crippen LogP contribution in [0.15, 0.2) is 51.4 Å². The average molecular weight is 457 g/mol. The lowest BCUT2D eigenvalue weighted by atomic mass is 10.1. The van der Waals surface area contributed by atoms with Gasteiger partial charge in [0.1, 0.15) is 0 Å². The van der Waals surface area contributed by atoms with E-state index in [-0.39, 0.29) is 0 Å². The molecule has 2 aromatic carbocycles. The van der Waals surface area contributed by atoms with Crippen LogP contribution < -0.4 is 4.74 Å². The van der Waals surface area contributed by atoms with E-state index < -0.39 is 0 Å². The van der Waals surface area contributed by atoms with Crippen LogP contribution >= 0.6 is 44.1 Å². The molecule has 1 aliphatic rings. The summed E-state index contributed by atoms with van der Waals surface area (Å²) in [6.07, 6.45) is 0. The second-order valence-corrected chi connectivity index (χ2v) is 7.16. The molecule has 0 atom stereocenters. The predicted octanol–water partition coefficient (Wildman–Crippen LogP) is 4.87. The van der Waals surface area contributed by atoms with Gasteiger partial charge in [-0.15, -0.1) is 0 Å². The van der Waals surface area contributed by atoms with Crippen molar-refractivity contribution in [3.8, 4) is 16.9 Å². The number of rotatable bonds is 2. The standard InChI is InChI=1S/C17H15Br2NO2S/c18-14-10-13(12-4-2-1-3-5-12)11-15(19)16(14)22-17(23)20-6-8-21-9-7-20/h1-5,10-11H,6-9H2. The Labute approximate surface area is 157 Å². The molecule has 0 bridgehead atoms. The van der Waals surface area contributed by atoms with Crippen molar-refractivity contribution in [2.24, 2.45) is 0 Å². The topological polar surface area (TPSA) is 21.7 Å². The quantitative estimate of drug-likeness (QED) is 0.600. The Morgan fingerprint density at radius 2 is 1.61 bits per heavy atom.